The van der Waals surface area contributed by atoms with Crippen molar-refractivity contribution in [3.05, 3.63) is 155 Å². The summed E-state index contributed by atoms with van der Waals surface area (Å²) in [5.74, 6) is 0.440. The van der Waals surface area contributed by atoms with Crippen LogP contribution in [0.25, 0.3) is 43.4 Å². The van der Waals surface area contributed by atoms with Gasteiger partial charge in [-0.15, -0.1) is 0 Å². The standard InChI is InChI=1S/C40H30N2O2/c1-41-31-17-9-7-15-29(31)37-36(28-20-22-34(44)26-14-6-4-12-24(26)28)40-38(30-16-8-10-18-32(30)42(40)2)35(39(37)41)27-19-21-33(43)25-13-5-3-11-23(25)27/h3-22,35-36,43-44H,1-2H3. The summed E-state index contributed by atoms with van der Waals surface area (Å²) in [6, 6.07) is 41.8. The van der Waals surface area contributed by atoms with E-state index in [0.29, 0.717) is 11.5 Å². The van der Waals surface area contributed by atoms with E-state index in [0.717, 1.165) is 21.5 Å². The largest absolute Gasteiger partial charge is 0.507 e. The molecule has 2 heterocycles. The molecule has 1 aliphatic carbocycles. The molecule has 44 heavy (non-hydrogen) atoms. The predicted molar refractivity (Wildman–Crippen MR) is 179 cm³/mol. The van der Waals surface area contributed by atoms with Gasteiger partial charge in [0.05, 0.1) is 11.8 Å². The number of rotatable bonds is 2. The Morgan fingerprint density at radius 1 is 0.409 bits per heavy atom. The highest BCUT2D eigenvalue weighted by Crippen LogP contribution is 2.56. The minimum atomic E-state index is -0.0753. The van der Waals surface area contributed by atoms with Crippen molar-refractivity contribution in [2.75, 3.05) is 0 Å². The van der Waals surface area contributed by atoms with E-state index in [-0.39, 0.29) is 11.8 Å². The molecular weight excluding hydrogens is 540 g/mol. The Labute approximate surface area is 254 Å². The zero-order valence-electron chi connectivity index (χ0n) is 24.5. The monoisotopic (exact) mass is 570 g/mol. The van der Waals surface area contributed by atoms with Crippen molar-refractivity contribution in [2.24, 2.45) is 14.1 Å². The van der Waals surface area contributed by atoms with Crippen molar-refractivity contribution >= 4 is 43.4 Å². The molecule has 0 aliphatic heterocycles. The van der Waals surface area contributed by atoms with Gasteiger partial charge < -0.3 is 19.3 Å². The lowest BCUT2D eigenvalue weighted by atomic mass is 9.71. The Morgan fingerprint density at radius 2 is 0.750 bits per heavy atom. The molecule has 0 spiro atoms. The highest BCUT2D eigenvalue weighted by molar-refractivity contribution is 5.99. The lowest BCUT2D eigenvalue weighted by molar-refractivity contribution is 0.481. The summed E-state index contributed by atoms with van der Waals surface area (Å²) in [4.78, 5) is 0. The maximum atomic E-state index is 10.9. The number of aromatic hydroxyl groups is 2. The molecule has 212 valence electrons. The Morgan fingerprint density at radius 3 is 1.16 bits per heavy atom. The normalized spacial score (nSPS) is 16.1. The first kappa shape index (κ1) is 25.1. The molecule has 0 saturated carbocycles. The fourth-order valence-corrected chi connectivity index (χ4v) is 8.19. The number of phenolic OH excluding ortho intramolecular Hbond substituents is 2. The van der Waals surface area contributed by atoms with E-state index in [1.807, 2.05) is 36.4 Å². The highest BCUT2D eigenvalue weighted by Gasteiger charge is 2.42. The molecule has 0 bridgehead atoms. The zero-order valence-corrected chi connectivity index (χ0v) is 24.5. The van der Waals surface area contributed by atoms with Crippen LogP contribution in [-0.2, 0) is 14.1 Å². The first-order valence-corrected chi connectivity index (χ1v) is 15.1. The van der Waals surface area contributed by atoms with Gasteiger partial charge in [-0.05, 0) is 57.3 Å². The van der Waals surface area contributed by atoms with Crippen LogP contribution in [0.1, 0.15) is 45.5 Å². The predicted octanol–water partition coefficient (Wildman–Crippen LogP) is 9.06. The molecular formula is C40H30N2O2. The Bertz CT molecular complexity index is 2290. The van der Waals surface area contributed by atoms with Gasteiger partial charge in [-0.2, -0.15) is 0 Å². The fraction of sp³-hybridized carbons (Fsp3) is 0.100. The van der Waals surface area contributed by atoms with E-state index in [2.05, 4.69) is 108 Å². The van der Waals surface area contributed by atoms with Crippen LogP contribution in [0.15, 0.2) is 121 Å². The van der Waals surface area contributed by atoms with Crippen molar-refractivity contribution in [3.8, 4) is 11.5 Å². The molecule has 1 aliphatic rings. The van der Waals surface area contributed by atoms with Gasteiger partial charge in [-0.3, -0.25) is 0 Å². The van der Waals surface area contributed by atoms with E-state index in [4.69, 9.17) is 0 Å². The van der Waals surface area contributed by atoms with E-state index >= 15 is 0 Å². The molecule has 2 N–H and O–H groups in total. The number of phenols is 2. The zero-order chi connectivity index (χ0) is 29.7. The molecule has 8 aromatic rings. The van der Waals surface area contributed by atoms with Crippen LogP contribution in [0.3, 0.4) is 0 Å². The summed E-state index contributed by atoms with van der Waals surface area (Å²) < 4.78 is 4.77. The lowest BCUT2D eigenvalue weighted by Crippen LogP contribution is -2.23. The molecule has 2 unspecified atom stereocenters. The first-order valence-electron chi connectivity index (χ1n) is 15.1. The van der Waals surface area contributed by atoms with Crippen molar-refractivity contribution in [2.45, 2.75) is 11.8 Å². The molecule has 9 rings (SSSR count). The minimum absolute atomic E-state index is 0.0753. The van der Waals surface area contributed by atoms with Crippen molar-refractivity contribution in [3.63, 3.8) is 0 Å². The Balaban J connectivity index is 1.51. The molecule has 2 atom stereocenters. The second kappa shape index (κ2) is 9.01. The molecule has 6 aromatic carbocycles. The number of fused-ring (bicyclic) bond motifs is 8. The SMILES string of the molecule is Cn1c2c(c3ccccc31)C(c1ccc(O)c3ccccc13)c1c(c3ccccc3n1C)C2c1ccc(O)c2ccccc12. The average molecular weight is 571 g/mol. The summed E-state index contributed by atoms with van der Waals surface area (Å²) in [5.41, 5.74) is 9.83. The van der Waals surface area contributed by atoms with Crippen molar-refractivity contribution in [1.29, 1.82) is 0 Å². The number of hydrogen-bond donors (Lipinski definition) is 2. The van der Waals surface area contributed by atoms with E-state index < -0.39 is 0 Å². The van der Waals surface area contributed by atoms with Crippen LogP contribution in [0, 0.1) is 0 Å². The third-order valence-electron chi connectivity index (χ3n) is 10.0. The van der Waals surface area contributed by atoms with E-state index in [1.165, 1.54) is 55.4 Å². The van der Waals surface area contributed by atoms with E-state index in [9.17, 15) is 10.2 Å². The van der Waals surface area contributed by atoms with Crippen LogP contribution >= 0.6 is 0 Å². The summed E-state index contributed by atoms with van der Waals surface area (Å²) in [6.45, 7) is 0. The van der Waals surface area contributed by atoms with Gasteiger partial charge in [0.2, 0.25) is 0 Å². The highest BCUT2D eigenvalue weighted by atomic mass is 16.3. The molecule has 4 nitrogen and oxygen atoms in total. The third-order valence-corrected chi connectivity index (χ3v) is 10.0. The summed E-state index contributed by atoms with van der Waals surface area (Å²) in [5, 5.41) is 28.1. The first-order chi connectivity index (χ1) is 21.5. The van der Waals surface area contributed by atoms with Gasteiger partial charge in [0.15, 0.2) is 0 Å². The third kappa shape index (κ3) is 3.17. The van der Waals surface area contributed by atoms with Gasteiger partial charge in [-0.1, -0.05) is 97.1 Å². The molecule has 0 amide bonds. The number of nitrogens with zero attached hydrogens (tertiary/aromatic N) is 2. The summed E-state index contributed by atoms with van der Waals surface area (Å²) >= 11 is 0. The molecule has 4 heteroatoms. The van der Waals surface area contributed by atoms with Gasteiger partial charge in [0.25, 0.3) is 0 Å². The average Bonchev–Trinajstić information content (AvgIpc) is 3.53. The maximum Gasteiger partial charge on any atom is 0.123 e. The van der Waals surface area contributed by atoms with Gasteiger partial charge >= 0.3 is 0 Å². The molecule has 0 saturated heterocycles. The minimum Gasteiger partial charge on any atom is -0.507 e. The fourth-order valence-electron chi connectivity index (χ4n) is 8.19. The molecule has 0 radical (unpaired) electrons. The van der Waals surface area contributed by atoms with Crippen LogP contribution in [-0.4, -0.2) is 19.3 Å². The van der Waals surface area contributed by atoms with Gasteiger partial charge in [0.1, 0.15) is 11.5 Å². The lowest BCUT2D eigenvalue weighted by Gasteiger charge is -2.34. The quantitative estimate of drug-likeness (QED) is 0.218. The second-order valence-corrected chi connectivity index (χ2v) is 12.1. The second-order valence-electron chi connectivity index (χ2n) is 12.1. The Kier molecular flexibility index (Phi) is 5.13. The van der Waals surface area contributed by atoms with Crippen LogP contribution in [0.4, 0.5) is 0 Å². The molecule has 0 fully saturated rings. The van der Waals surface area contributed by atoms with Crippen molar-refractivity contribution in [1.82, 2.24) is 9.13 Å². The summed E-state index contributed by atoms with van der Waals surface area (Å²) in [7, 11) is 4.39. The maximum absolute atomic E-state index is 10.9. The summed E-state index contributed by atoms with van der Waals surface area (Å²) in [6.07, 6.45) is 0. The molecule has 2 aromatic heterocycles. The van der Waals surface area contributed by atoms with Crippen molar-refractivity contribution < 1.29 is 10.2 Å². The number of hydrogen-bond acceptors (Lipinski definition) is 2. The van der Waals surface area contributed by atoms with Crippen LogP contribution in [0.5, 0.6) is 11.5 Å². The number of para-hydroxylation sites is 2. The van der Waals surface area contributed by atoms with Gasteiger partial charge in [-0.25, -0.2) is 0 Å². The number of aromatic nitrogens is 2. The van der Waals surface area contributed by atoms with E-state index in [1.54, 1.807) is 0 Å². The topological polar surface area (TPSA) is 50.3 Å². The smallest absolute Gasteiger partial charge is 0.123 e. The van der Waals surface area contributed by atoms with Gasteiger partial charge in [0, 0.05) is 58.1 Å². The Hall–Kier alpha value is -5.48. The van der Waals surface area contributed by atoms with Crippen LogP contribution < -0.4 is 0 Å². The number of benzene rings is 6. The van der Waals surface area contributed by atoms with Crippen LogP contribution in [0.2, 0.25) is 0 Å². The number of aryl methyl sites for hydroxylation is 2.